The van der Waals surface area contributed by atoms with E-state index < -0.39 is 0 Å². The maximum absolute atomic E-state index is 5.77. The van der Waals surface area contributed by atoms with Gasteiger partial charge in [-0.25, -0.2) is 9.97 Å². The number of rotatable bonds is 13. The van der Waals surface area contributed by atoms with Gasteiger partial charge < -0.3 is 4.74 Å². The monoisotopic (exact) mass is 423 g/mol. The van der Waals surface area contributed by atoms with Crippen molar-refractivity contribution in [3.05, 3.63) is 36.4 Å². The molecule has 2 aromatic heterocycles. The SMILES string of the molecule is CCCCCCCOc1cnc(-c2ccc(C3CCC(CCCCC)CC3)nc2)nc1. The van der Waals surface area contributed by atoms with Crippen LogP contribution in [-0.4, -0.2) is 21.6 Å². The fourth-order valence-electron chi connectivity index (χ4n) is 4.64. The summed E-state index contributed by atoms with van der Waals surface area (Å²) in [6, 6.07) is 4.31. The second kappa shape index (κ2) is 13.4. The van der Waals surface area contributed by atoms with E-state index in [0.717, 1.165) is 30.3 Å². The number of hydrogen-bond acceptors (Lipinski definition) is 4. The van der Waals surface area contributed by atoms with Crippen LogP contribution in [0, 0.1) is 5.92 Å². The molecule has 0 amide bonds. The molecule has 170 valence electrons. The zero-order valence-electron chi connectivity index (χ0n) is 19.7. The summed E-state index contributed by atoms with van der Waals surface area (Å²) in [5, 5.41) is 0. The molecule has 2 heterocycles. The molecule has 0 aromatic carbocycles. The van der Waals surface area contributed by atoms with Crippen molar-refractivity contribution in [2.24, 2.45) is 5.92 Å². The first-order chi connectivity index (χ1) is 15.3. The number of nitrogens with zero attached hydrogens (tertiary/aromatic N) is 3. The lowest BCUT2D eigenvalue weighted by atomic mass is 9.78. The molecule has 0 spiro atoms. The van der Waals surface area contributed by atoms with Gasteiger partial charge in [0.1, 0.15) is 0 Å². The first-order valence-corrected chi connectivity index (χ1v) is 12.7. The average molecular weight is 424 g/mol. The van der Waals surface area contributed by atoms with Crippen molar-refractivity contribution in [1.29, 1.82) is 0 Å². The molecule has 1 saturated carbocycles. The van der Waals surface area contributed by atoms with Gasteiger partial charge in [-0.2, -0.15) is 0 Å². The van der Waals surface area contributed by atoms with Gasteiger partial charge >= 0.3 is 0 Å². The normalized spacial score (nSPS) is 18.8. The molecule has 4 nitrogen and oxygen atoms in total. The van der Waals surface area contributed by atoms with Gasteiger partial charge in [-0.3, -0.25) is 4.98 Å². The summed E-state index contributed by atoms with van der Waals surface area (Å²) in [6.45, 7) is 5.26. The van der Waals surface area contributed by atoms with Crippen LogP contribution in [0.15, 0.2) is 30.7 Å². The summed E-state index contributed by atoms with van der Waals surface area (Å²) in [6.07, 6.45) is 22.5. The van der Waals surface area contributed by atoms with Gasteiger partial charge in [0.15, 0.2) is 11.6 Å². The number of pyridine rings is 1. The van der Waals surface area contributed by atoms with Gasteiger partial charge in [0.05, 0.1) is 19.0 Å². The molecule has 2 aromatic rings. The molecule has 3 rings (SSSR count). The molecule has 0 atom stereocenters. The Morgan fingerprint density at radius 1 is 0.774 bits per heavy atom. The Labute approximate surface area is 189 Å². The average Bonchev–Trinajstić information content (AvgIpc) is 2.82. The fraction of sp³-hybridized carbons (Fsp3) is 0.667. The highest BCUT2D eigenvalue weighted by molar-refractivity contribution is 5.53. The zero-order chi connectivity index (χ0) is 21.7. The molecule has 31 heavy (non-hydrogen) atoms. The van der Waals surface area contributed by atoms with Crippen LogP contribution in [0.1, 0.15) is 109 Å². The molecule has 0 N–H and O–H groups in total. The van der Waals surface area contributed by atoms with Crippen molar-refractivity contribution < 1.29 is 4.74 Å². The van der Waals surface area contributed by atoms with E-state index in [-0.39, 0.29) is 0 Å². The standard InChI is InChI=1S/C27H41N3O/c1-3-5-7-8-10-18-31-25-20-29-27(30-21-25)24-16-17-26(28-19-24)23-14-12-22(13-15-23)11-9-6-4-2/h16-17,19-23H,3-15,18H2,1-2H3. The predicted molar refractivity (Wildman–Crippen MR) is 128 cm³/mol. The molecule has 1 aliphatic rings. The number of ether oxygens (including phenoxy) is 1. The molecule has 0 radical (unpaired) electrons. The fourth-order valence-corrected chi connectivity index (χ4v) is 4.64. The van der Waals surface area contributed by atoms with Gasteiger partial charge in [-0.15, -0.1) is 0 Å². The van der Waals surface area contributed by atoms with Crippen molar-refractivity contribution in [3.8, 4) is 17.1 Å². The van der Waals surface area contributed by atoms with Crippen molar-refractivity contribution in [2.75, 3.05) is 6.61 Å². The molecule has 1 aliphatic carbocycles. The van der Waals surface area contributed by atoms with E-state index in [4.69, 9.17) is 9.72 Å². The van der Waals surface area contributed by atoms with E-state index in [1.54, 1.807) is 12.4 Å². The molecule has 0 saturated heterocycles. The van der Waals surface area contributed by atoms with Gasteiger partial charge in [0, 0.05) is 23.4 Å². The lowest BCUT2D eigenvalue weighted by molar-refractivity contribution is 0.300. The van der Waals surface area contributed by atoms with Crippen LogP contribution in [0.4, 0.5) is 0 Å². The van der Waals surface area contributed by atoms with Crippen LogP contribution in [0.2, 0.25) is 0 Å². The number of hydrogen-bond donors (Lipinski definition) is 0. The van der Waals surface area contributed by atoms with Crippen LogP contribution in [0.25, 0.3) is 11.4 Å². The van der Waals surface area contributed by atoms with Gasteiger partial charge in [-0.05, 0) is 50.2 Å². The Kier molecular flexibility index (Phi) is 10.3. The Balaban J connectivity index is 1.43. The lowest BCUT2D eigenvalue weighted by Gasteiger charge is -2.28. The van der Waals surface area contributed by atoms with Crippen LogP contribution >= 0.6 is 0 Å². The summed E-state index contributed by atoms with van der Waals surface area (Å²) >= 11 is 0. The Morgan fingerprint density at radius 3 is 2.16 bits per heavy atom. The number of aromatic nitrogens is 3. The number of unbranched alkanes of at least 4 members (excludes halogenated alkanes) is 6. The minimum absolute atomic E-state index is 0.616. The first kappa shape index (κ1) is 23.7. The highest BCUT2D eigenvalue weighted by atomic mass is 16.5. The van der Waals surface area contributed by atoms with Crippen molar-refractivity contribution >= 4 is 0 Å². The molecule has 1 fully saturated rings. The quantitative estimate of drug-likeness (QED) is 0.309. The highest BCUT2D eigenvalue weighted by Gasteiger charge is 2.23. The van der Waals surface area contributed by atoms with Gasteiger partial charge in [0.2, 0.25) is 0 Å². The summed E-state index contributed by atoms with van der Waals surface area (Å²) in [5.74, 6) is 3.02. The topological polar surface area (TPSA) is 47.9 Å². The van der Waals surface area contributed by atoms with E-state index in [1.807, 2.05) is 6.20 Å². The molecular weight excluding hydrogens is 382 g/mol. The van der Waals surface area contributed by atoms with Crippen molar-refractivity contribution in [1.82, 2.24) is 15.0 Å². The smallest absolute Gasteiger partial charge is 0.160 e. The first-order valence-electron chi connectivity index (χ1n) is 12.7. The van der Waals surface area contributed by atoms with E-state index in [0.29, 0.717) is 11.7 Å². The van der Waals surface area contributed by atoms with E-state index in [2.05, 4.69) is 35.9 Å². The lowest BCUT2D eigenvalue weighted by Crippen LogP contribution is -2.14. The van der Waals surface area contributed by atoms with Crippen LogP contribution in [0.3, 0.4) is 0 Å². The second-order valence-electron chi connectivity index (χ2n) is 9.19. The molecule has 4 heteroatoms. The van der Waals surface area contributed by atoms with Crippen molar-refractivity contribution in [3.63, 3.8) is 0 Å². The minimum Gasteiger partial charge on any atom is -0.490 e. The predicted octanol–water partition coefficient (Wildman–Crippen LogP) is 7.74. The minimum atomic E-state index is 0.616. The molecule has 0 aliphatic heterocycles. The molecule has 0 bridgehead atoms. The Morgan fingerprint density at radius 2 is 1.48 bits per heavy atom. The summed E-state index contributed by atoms with van der Waals surface area (Å²) < 4.78 is 5.77. The third-order valence-corrected chi connectivity index (χ3v) is 6.67. The summed E-state index contributed by atoms with van der Waals surface area (Å²) in [5.41, 5.74) is 2.21. The van der Waals surface area contributed by atoms with E-state index in [1.165, 1.54) is 82.7 Å². The van der Waals surface area contributed by atoms with Gasteiger partial charge in [-0.1, -0.05) is 65.2 Å². The zero-order valence-corrected chi connectivity index (χ0v) is 19.7. The maximum Gasteiger partial charge on any atom is 0.160 e. The van der Waals surface area contributed by atoms with Crippen LogP contribution in [-0.2, 0) is 0 Å². The van der Waals surface area contributed by atoms with Gasteiger partial charge in [0.25, 0.3) is 0 Å². The van der Waals surface area contributed by atoms with Crippen molar-refractivity contribution in [2.45, 2.75) is 103 Å². The molecular formula is C27H41N3O. The Hall–Kier alpha value is -1.97. The van der Waals surface area contributed by atoms with Crippen LogP contribution in [0.5, 0.6) is 5.75 Å². The Bertz CT molecular complexity index is 721. The van der Waals surface area contributed by atoms with E-state index in [9.17, 15) is 0 Å². The third kappa shape index (κ3) is 7.90. The molecule has 0 unspecified atom stereocenters. The second-order valence-corrected chi connectivity index (χ2v) is 9.19. The third-order valence-electron chi connectivity index (χ3n) is 6.67. The summed E-state index contributed by atoms with van der Waals surface area (Å²) in [7, 11) is 0. The largest absolute Gasteiger partial charge is 0.490 e. The highest BCUT2D eigenvalue weighted by Crippen LogP contribution is 2.37. The van der Waals surface area contributed by atoms with Crippen LogP contribution < -0.4 is 4.74 Å². The van der Waals surface area contributed by atoms with E-state index >= 15 is 0 Å². The maximum atomic E-state index is 5.77. The summed E-state index contributed by atoms with van der Waals surface area (Å²) in [4.78, 5) is 13.8.